The number of carboxylic acid groups (broad SMARTS) is 1. The summed E-state index contributed by atoms with van der Waals surface area (Å²) in [5.74, 6) is -0.00831. The first kappa shape index (κ1) is 17.2. The van der Waals surface area contributed by atoms with E-state index in [0.717, 1.165) is 5.56 Å². The monoisotopic (exact) mass is 352 g/mol. The molecule has 0 aliphatic heterocycles. The van der Waals surface area contributed by atoms with Gasteiger partial charge in [0.15, 0.2) is 11.5 Å². The Balaban J connectivity index is 1.91. The number of methoxy groups -OCH3 is 1. The van der Waals surface area contributed by atoms with Crippen LogP contribution >= 0.6 is 0 Å². The highest BCUT2D eigenvalue weighted by atomic mass is 16.5. The van der Waals surface area contributed by atoms with Gasteiger partial charge in [0.2, 0.25) is 0 Å². The molecule has 1 heterocycles. The van der Waals surface area contributed by atoms with Crippen molar-refractivity contribution in [2.75, 3.05) is 7.11 Å². The predicted octanol–water partition coefficient (Wildman–Crippen LogP) is 3.19. The van der Waals surface area contributed by atoms with Gasteiger partial charge in [0.05, 0.1) is 18.4 Å². The lowest BCUT2D eigenvalue weighted by Gasteiger charge is -2.10. The lowest BCUT2D eigenvalue weighted by molar-refractivity contribution is 0.0697. The number of hydrogen-bond acceptors (Lipinski definition) is 6. The third kappa shape index (κ3) is 3.54. The van der Waals surface area contributed by atoms with Crippen molar-refractivity contribution in [1.29, 1.82) is 0 Å². The Labute approximate surface area is 149 Å². The molecule has 0 aliphatic rings. The van der Waals surface area contributed by atoms with Gasteiger partial charge in [-0.15, -0.1) is 0 Å². The summed E-state index contributed by atoms with van der Waals surface area (Å²) in [6.07, 6.45) is 3.87. The molecule has 3 rings (SSSR count). The summed E-state index contributed by atoms with van der Waals surface area (Å²) in [7, 11) is 1.55. The smallest absolute Gasteiger partial charge is 0.346 e. The summed E-state index contributed by atoms with van der Waals surface area (Å²) in [6, 6.07) is 11.7. The standard InChI is InChI=1S/C18H16N4O4/c1-3-4-12-5-10-15(16(11-12)25-2)26-18-19-20-21-22(18)14-8-6-13(7-9-14)17(23)24/h3-11H,1-2H3,(H,23,24). The minimum Gasteiger partial charge on any atom is -0.493 e. The van der Waals surface area contributed by atoms with E-state index in [1.807, 2.05) is 31.2 Å². The summed E-state index contributed by atoms with van der Waals surface area (Å²) >= 11 is 0. The highest BCUT2D eigenvalue weighted by Gasteiger charge is 2.14. The van der Waals surface area contributed by atoms with Gasteiger partial charge in [0, 0.05) is 0 Å². The van der Waals surface area contributed by atoms with Crippen LogP contribution in [-0.2, 0) is 0 Å². The molecule has 0 saturated carbocycles. The summed E-state index contributed by atoms with van der Waals surface area (Å²) in [5, 5.41) is 20.4. The molecule has 0 fully saturated rings. The molecule has 0 aliphatic carbocycles. The van der Waals surface area contributed by atoms with Gasteiger partial charge in [0.25, 0.3) is 0 Å². The van der Waals surface area contributed by atoms with E-state index in [4.69, 9.17) is 14.6 Å². The number of nitrogens with zero attached hydrogens (tertiary/aromatic N) is 4. The fraction of sp³-hybridized carbons (Fsp3) is 0.111. The zero-order chi connectivity index (χ0) is 18.5. The second-order valence-electron chi connectivity index (χ2n) is 5.24. The van der Waals surface area contributed by atoms with E-state index in [9.17, 15) is 4.79 Å². The van der Waals surface area contributed by atoms with Crippen molar-refractivity contribution >= 4 is 12.0 Å². The minimum absolute atomic E-state index is 0.130. The first-order valence-corrected chi connectivity index (χ1v) is 7.73. The maximum Gasteiger partial charge on any atom is 0.346 e. The van der Waals surface area contributed by atoms with Gasteiger partial charge in [-0.1, -0.05) is 23.3 Å². The van der Waals surface area contributed by atoms with Crippen LogP contribution in [0.4, 0.5) is 0 Å². The number of allylic oxidation sites excluding steroid dienone is 1. The second-order valence-corrected chi connectivity index (χ2v) is 5.24. The fourth-order valence-electron chi connectivity index (χ4n) is 2.31. The number of tetrazole rings is 1. The molecule has 0 bridgehead atoms. The van der Waals surface area contributed by atoms with E-state index in [-0.39, 0.29) is 11.6 Å². The summed E-state index contributed by atoms with van der Waals surface area (Å²) < 4.78 is 12.5. The van der Waals surface area contributed by atoms with Crippen LogP contribution in [0.3, 0.4) is 0 Å². The first-order chi connectivity index (χ1) is 12.6. The van der Waals surface area contributed by atoms with Crippen LogP contribution in [0, 0.1) is 0 Å². The number of carboxylic acids is 1. The summed E-state index contributed by atoms with van der Waals surface area (Å²) in [4.78, 5) is 11.0. The third-order valence-corrected chi connectivity index (χ3v) is 3.55. The first-order valence-electron chi connectivity index (χ1n) is 7.73. The van der Waals surface area contributed by atoms with E-state index in [1.54, 1.807) is 25.3 Å². The molecular weight excluding hydrogens is 336 g/mol. The molecule has 2 aromatic carbocycles. The Hall–Kier alpha value is -3.68. The van der Waals surface area contributed by atoms with Crippen LogP contribution in [-0.4, -0.2) is 38.4 Å². The van der Waals surface area contributed by atoms with Crippen molar-refractivity contribution in [3.05, 3.63) is 59.7 Å². The number of hydrogen-bond donors (Lipinski definition) is 1. The van der Waals surface area contributed by atoms with Gasteiger partial charge in [-0.3, -0.25) is 0 Å². The molecule has 0 atom stereocenters. The van der Waals surface area contributed by atoms with E-state index < -0.39 is 5.97 Å². The Bertz CT molecular complexity index is 948. The van der Waals surface area contributed by atoms with Crippen LogP contribution in [0.5, 0.6) is 17.5 Å². The molecule has 0 saturated heterocycles. The van der Waals surface area contributed by atoms with E-state index in [0.29, 0.717) is 17.2 Å². The maximum atomic E-state index is 11.0. The number of carbonyl (C=O) groups is 1. The van der Waals surface area contributed by atoms with Crippen LogP contribution in [0.25, 0.3) is 11.8 Å². The molecule has 3 aromatic rings. The molecule has 8 heteroatoms. The van der Waals surface area contributed by atoms with Crippen molar-refractivity contribution in [3.63, 3.8) is 0 Å². The SMILES string of the molecule is CC=Cc1ccc(Oc2nnnn2-c2ccc(C(=O)O)cc2)c(OC)c1. The fourth-order valence-corrected chi connectivity index (χ4v) is 2.31. The molecule has 26 heavy (non-hydrogen) atoms. The average Bonchev–Trinajstić information content (AvgIpc) is 3.11. The van der Waals surface area contributed by atoms with E-state index in [1.165, 1.54) is 16.8 Å². The van der Waals surface area contributed by atoms with Crippen molar-refractivity contribution in [1.82, 2.24) is 20.2 Å². The topological polar surface area (TPSA) is 99.4 Å². The minimum atomic E-state index is -1.00. The molecule has 0 spiro atoms. The number of benzene rings is 2. The molecule has 1 aromatic heterocycles. The van der Waals surface area contributed by atoms with Crippen molar-refractivity contribution in [2.45, 2.75) is 6.92 Å². The summed E-state index contributed by atoms with van der Waals surface area (Å²) in [5.41, 5.74) is 1.71. The predicted molar refractivity (Wildman–Crippen MR) is 93.9 cm³/mol. The van der Waals surface area contributed by atoms with Crippen molar-refractivity contribution < 1.29 is 19.4 Å². The molecule has 132 valence electrons. The quantitative estimate of drug-likeness (QED) is 0.727. The lowest BCUT2D eigenvalue weighted by Crippen LogP contribution is -2.02. The van der Waals surface area contributed by atoms with Gasteiger partial charge >= 0.3 is 12.0 Å². The molecule has 0 unspecified atom stereocenters. The third-order valence-electron chi connectivity index (χ3n) is 3.55. The van der Waals surface area contributed by atoms with E-state index >= 15 is 0 Å². The van der Waals surface area contributed by atoms with Crippen molar-refractivity contribution in [3.8, 4) is 23.2 Å². The largest absolute Gasteiger partial charge is 0.493 e. The molecule has 8 nitrogen and oxygen atoms in total. The molecule has 0 radical (unpaired) electrons. The highest BCUT2D eigenvalue weighted by molar-refractivity contribution is 5.87. The van der Waals surface area contributed by atoms with Gasteiger partial charge < -0.3 is 14.6 Å². The number of rotatable bonds is 6. The Kier molecular flexibility index (Phi) is 4.93. The van der Waals surface area contributed by atoms with Gasteiger partial charge in [0.1, 0.15) is 0 Å². The number of ether oxygens (including phenoxy) is 2. The molecule has 1 N–H and O–H groups in total. The van der Waals surface area contributed by atoms with Gasteiger partial charge in [-0.05, 0) is 59.3 Å². The van der Waals surface area contributed by atoms with Crippen LogP contribution < -0.4 is 9.47 Å². The zero-order valence-electron chi connectivity index (χ0n) is 14.2. The van der Waals surface area contributed by atoms with Crippen LogP contribution in [0.1, 0.15) is 22.8 Å². The van der Waals surface area contributed by atoms with Crippen molar-refractivity contribution in [2.24, 2.45) is 0 Å². The highest BCUT2D eigenvalue weighted by Crippen LogP contribution is 2.32. The summed E-state index contributed by atoms with van der Waals surface area (Å²) in [6.45, 7) is 1.93. The van der Waals surface area contributed by atoms with Gasteiger partial charge in [-0.2, -0.15) is 4.68 Å². The molecular formula is C18H16N4O4. The van der Waals surface area contributed by atoms with Gasteiger partial charge in [-0.25, -0.2) is 4.79 Å². The molecule has 0 amide bonds. The normalized spacial score (nSPS) is 10.8. The Morgan fingerprint density at radius 1 is 1.15 bits per heavy atom. The van der Waals surface area contributed by atoms with Crippen LogP contribution in [0.2, 0.25) is 0 Å². The van der Waals surface area contributed by atoms with E-state index in [2.05, 4.69) is 15.5 Å². The number of aromatic carboxylic acids is 1. The second kappa shape index (κ2) is 7.47. The Morgan fingerprint density at radius 3 is 2.58 bits per heavy atom. The lowest BCUT2D eigenvalue weighted by atomic mass is 10.2. The zero-order valence-corrected chi connectivity index (χ0v) is 14.2. The Morgan fingerprint density at radius 2 is 1.92 bits per heavy atom. The van der Waals surface area contributed by atoms with Crippen LogP contribution in [0.15, 0.2) is 48.5 Å². The maximum absolute atomic E-state index is 11.0. The number of aromatic nitrogens is 4. The average molecular weight is 352 g/mol.